The molecular weight excluding hydrogens is 220 g/mol. The van der Waals surface area contributed by atoms with Gasteiger partial charge in [0, 0.05) is 24.9 Å². The van der Waals surface area contributed by atoms with Gasteiger partial charge in [0.1, 0.15) is 0 Å². The Bertz CT molecular complexity index is 521. The summed E-state index contributed by atoms with van der Waals surface area (Å²) >= 11 is 0. The Morgan fingerprint density at radius 3 is 2.71 bits per heavy atom. The van der Waals surface area contributed by atoms with E-state index in [1.807, 2.05) is 12.3 Å². The molecule has 86 valence electrons. The van der Waals surface area contributed by atoms with Crippen LogP contribution >= 0.6 is 0 Å². The van der Waals surface area contributed by atoms with Crippen LogP contribution in [0.25, 0.3) is 0 Å². The summed E-state index contributed by atoms with van der Waals surface area (Å²) in [6.45, 7) is 1.60. The topological polar surface area (TPSA) is 62.0 Å². The lowest BCUT2D eigenvalue weighted by molar-refractivity contribution is -0.384. The summed E-state index contributed by atoms with van der Waals surface area (Å²) in [6.07, 6.45) is 3.95. The molecule has 2 aliphatic heterocycles. The number of hydrazone groups is 1. The molecule has 0 aromatic heterocycles. The lowest BCUT2D eigenvalue weighted by Gasteiger charge is -2.14. The molecular formula is C11H10N4O2. The van der Waals surface area contributed by atoms with Crippen LogP contribution in [0.15, 0.2) is 41.6 Å². The fraction of sp³-hybridized carbons (Fsp3) is 0.182. The van der Waals surface area contributed by atoms with Crippen LogP contribution in [0.3, 0.4) is 0 Å². The molecule has 1 aromatic rings. The van der Waals surface area contributed by atoms with E-state index in [4.69, 9.17) is 0 Å². The Kier molecular flexibility index (Phi) is 2.15. The van der Waals surface area contributed by atoms with Crippen LogP contribution in [0.5, 0.6) is 0 Å². The van der Waals surface area contributed by atoms with Gasteiger partial charge in [-0.25, -0.2) is 5.12 Å². The van der Waals surface area contributed by atoms with Crippen LogP contribution in [0.1, 0.15) is 5.56 Å². The number of benzene rings is 1. The molecule has 0 amide bonds. The summed E-state index contributed by atoms with van der Waals surface area (Å²) in [5, 5.41) is 18.8. The Labute approximate surface area is 97.6 Å². The van der Waals surface area contributed by atoms with Gasteiger partial charge in [0.25, 0.3) is 5.69 Å². The van der Waals surface area contributed by atoms with Crippen LogP contribution < -0.4 is 0 Å². The maximum atomic E-state index is 10.5. The molecule has 0 spiro atoms. The summed E-state index contributed by atoms with van der Waals surface area (Å²) in [7, 11) is 0. The number of nitro benzene ring substituents is 1. The molecule has 1 aromatic carbocycles. The minimum absolute atomic E-state index is 0.105. The Morgan fingerprint density at radius 2 is 2.06 bits per heavy atom. The molecule has 0 fully saturated rings. The number of non-ortho nitro benzene ring substituents is 1. The number of nitrogens with zero attached hydrogens (tertiary/aromatic N) is 4. The summed E-state index contributed by atoms with van der Waals surface area (Å²) in [4.78, 5) is 10.1. The van der Waals surface area contributed by atoms with Crippen molar-refractivity contribution in [2.75, 3.05) is 13.1 Å². The predicted octanol–water partition coefficient (Wildman–Crippen LogP) is 1.36. The van der Waals surface area contributed by atoms with Gasteiger partial charge in [-0.15, -0.1) is 0 Å². The zero-order chi connectivity index (χ0) is 11.8. The van der Waals surface area contributed by atoms with Crippen LogP contribution in [0.4, 0.5) is 5.69 Å². The lowest BCUT2D eigenvalue weighted by atomic mass is 10.1. The molecule has 0 radical (unpaired) electrons. The SMILES string of the molecule is O=[N+]([O-])c1ccc(C2=NN3C=CCN3C2)cc1. The average molecular weight is 230 g/mol. The van der Waals surface area contributed by atoms with Crippen molar-refractivity contribution < 1.29 is 4.92 Å². The van der Waals surface area contributed by atoms with E-state index < -0.39 is 4.92 Å². The first-order chi connectivity index (χ1) is 8.24. The minimum Gasteiger partial charge on any atom is -0.258 e. The molecule has 0 saturated carbocycles. The van der Waals surface area contributed by atoms with Crippen molar-refractivity contribution in [3.63, 3.8) is 0 Å². The Morgan fingerprint density at radius 1 is 1.29 bits per heavy atom. The molecule has 0 bridgehead atoms. The zero-order valence-corrected chi connectivity index (χ0v) is 8.98. The summed E-state index contributed by atoms with van der Waals surface area (Å²) < 4.78 is 0. The second-order valence-corrected chi connectivity index (χ2v) is 3.90. The van der Waals surface area contributed by atoms with Gasteiger partial charge in [0.05, 0.1) is 17.2 Å². The van der Waals surface area contributed by atoms with E-state index in [1.54, 1.807) is 17.3 Å². The maximum absolute atomic E-state index is 10.5. The molecule has 6 nitrogen and oxygen atoms in total. The number of hydrogen-bond acceptors (Lipinski definition) is 5. The van der Waals surface area contributed by atoms with Crippen molar-refractivity contribution >= 4 is 11.4 Å². The van der Waals surface area contributed by atoms with Gasteiger partial charge in [-0.3, -0.25) is 10.1 Å². The molecule has 0 N–H and O–H groups in total. The Hall–Kier alpha value is -2.21. The molecule has 6 heteroatoms. The van der Waals surface area contributed by atoms with Crippen LogP contribution in [-0.4, -0.2) is 33.9 Å². The van der Waals surface area contributed by atoms with Crippen LogP contribution in [0, 0.1) is 10.1 Å². The van der Waals surface area contributed by atoms with Crippen molar-refractivity contribution in [2.45, 2.75) is 0 Å². The normalized spacial score (nSPS) is 18.4. The number of nitro groups is 1. The highest BCUT2D eigenvalue weighted by Gasteiger charge is 2.25. The average Bonchev–Trinajstić information content (AvgIpc) is 2.89. The van der Waals surface area contributed by atoms with E-state index in [9.17, 15) is 10.1 Å². The first-order valence-electron chi connectivity index (χ1n) is 5.27. The third-order valence-electron chi connectivity index (χ3n) is 2.81. The number of rotatable bonds is 2. The van der Waals surface area contributed by atoms with E-state index in [0.717, 1.165) is 24.4 Å². The maximum Gasteiger partial charge on any atom is 0.269 e. The first-order valence-corrected chi connectivity index (χ1v) is 5.27. The second-order valence-electron chi connectivity index (χ2n) is 3.90. The summed E-state index contributed by atoms with van der Waals surface area (Å²) in [6, 6.07) is 6.49. The molecule has 3 rings (SSSR count). The predicted molar refractivity (Wildman–Crippen MR) is 62.2 cm³/mol. The molecule has 0 aliphatic carbocycles. The summed E-state index contributed by atoms with van der Waals surface area (Å²) in [5.41, 5.74) is 1.97. The van der Waals surface area contributed by atoms with Gasteiger partial charge in [-0.1, -0.05) is 0 Å². The lowest BCUT2D eigenvalue weighted by Crippen LogP contribution is -2.28. The van der Waals surface area contributed by atoms with Gasteiger partial charge in [0.2, 0.25) is 0 Å². The molecule has 0 unspecified atom stereocenters. The van der Waals surface area contributed by atoms with Crippen molar-refractivity contribution in [3.8, 4) is 0 Å². The van der Waals surface area contributed by atoms with E-state index >= 15 is 0 Å². The minimum atomic E-state index is -0.398. The fourth-order valence-electron chi connectivity index (χ4n) is 1.93. The first kappa shape index (κ1) is 9.98. The zero-order valence-electron chi connectivity index (χ0n) is 8.98. The molecule has 17 heavy (non-hydrogen) atoms. The number of hydrogen-bond donors (Lipinski definition) is 0. The third-order valence-corrected chi connectivity index (χ3v) is 2.81. The highest BCUT2D eigenvalue weighted by molar-refractivity contribution is 6.02. The van der Waals surface area contributed by atoms with Gasteiger partial charge in [-0.05, 0) is 23.8 Å². The van der Waals surface area contributed by atoms with Gasteiger partial charge in [0.15, 0.2) is 0 Å². The van der Waals surface area contributed by atoms with E-state index in [1.165, 1.54) is 12.1 Å². The molecule has 0 atom stereocenters. The van der Waals surface area contributed by atoms with Crippen molar-refractivity contribution in [1.29, 1.82) is 0 Å². The van der Waals surface area contributed by atoms with Crippen LogP contribution in [-0.2, 0) is 0 Å². The Balaban J connectivity index is 1.86. The smallest absolute Gasteiger partial charge is 0.258 e. The summed E-state index contributed by atoms with van der Waals surface area (Å²) in [5.74, 6) is 0. The molecule has 2 heterocycles. The van der Waals surface area contributed by atoms with Gasteiger partial charge < -0.3 is 0 Å². The number of hydrazine groups is 1. The van der Waals surface area contributed by atoms with Gasteiger partial charge in [-0.2, -0.15) is 10.1 Å². The highest BCUT2D eigenvalue weighted by Crippen LogP contribution is 2.20. The largest absolute Gasteiger partial charge is 0.269 e. The number of fused-ring (bicyclic) bond motifs is 1. The van der Waals surface area contributed by atoms with Crippen molar-refractivity contribution in [3.05, 3.63) is 52.2 Å². The van der Waals surface area contributed by atoms with Crippen LogP contribution in [0.2, 0.25) is 0 Å². The molecule has 2 aliphatic rings. The quantitative estimate of drug-likeness (QED) is 0.568. The van der Waals surface area contributed by atoms with E-state index in [-0.39, 0.29) is 5.69 Å². The van der Waals surface area contributed by atoms with E-state index in [2.05, 4.69) is 10.1 Å². The van der Waals surface area contributed by atoms with Crippen molar-refractivity contribution in [2.24, 2.45) is 5.10 Å². The second kappa shape index (κ2) is 3.67. The third kappa shape index (κ3) is 1.68. The monoisotopic (exact) mass is 230 g/mol. The van der Waals surface area contributed by atoms with Crippen molar-refractivity contribution in [1.82, 2.24) is 10.1 Å². The highest BCUT2D eigenvalue weighted by atomic mass is 16.6. The van der Waals surface area contributed by atoms with E-state index in [0.29, 0.717) is 0 Å². The molecule has 0 saturated heterocycles. The van der Waals surface area contributed by atoms with Gasteiger partial charge >= 0.3 is 0 Å². The standard InChI is InChI=1S/C11H10N4O2/c16-15(17)10-4-2-9(3-5-10)11-8-13-6-1-7-14(13)12-11/h1-5,7H,6,8H2. The fourth-order valence-corrected chi connectivity index (χ4v) is 1.93.